The smallest absolute Gasteiger partial charge is 0.260 e. The molecule has 0 radical (unpaired) electrons. The molecule has 1 amide bonds. The molecule has 0 saturated heterocycles. The Morgan fingerprint density at radius 2 is 2.14 bits per heavy atom. The maximum atomic E-state index is 11.7. The molecule has 6 nitrogen and oxygen atoms in total. The van der Waals surface area contributed by atoms with E-state index in [4.69, 9.17) is 11.6 Å². The van der Waals surface area contributed by atoms with Crippen molar-refractivity contribution in [2.24, 2.45) is 4.99 Å². The maximum absolute atomic E-state index is 11.7. The van der Waals surface area contributed by atoms with Crippen LogP contribution in [-0.4, -0.2) is 37.2 Å². The third kappa shape index (κ3) is 5.51. The van der Waals surface area contributed by atoms with Crippen LogP contribution in [0.1, 0.15) is 5.56 Å². The monoisotopic (exact) mass is 341 g/mol. The minimum Gasteiger partial charge on any atom is -0.412 e. The van der Waals surface area contributed by atoms with Gasteiger partial charge in [-0.25, -0.2) is 4.98 Å². The maximum Gasteiger partial charge on any atom is 0.260 e. The number of hydrogen-bond acceptors (Lipinski definition) is 3. The van der Waals surface area contributed by atoms with E-state index in [1.165, 1.54) is 6.26 Å². The second-order valence-electron chi connectivity index (χ2n) is 4.40. The first-order valence-corrected chi connectivity index (χ1v) is 8.28. The van der Waals surface area contributed by atoms with E-state index in [0.717, 1.165) is 5.56 Å². The summed E-state index contributed by atoms with van der Waals surface area (Å²) in [5.74, 6) is -0.470. The van der Waals surface area contributed by atoms with E-state index in [9.17, 15) is 9.00 Å². The molecule has 0 fully saturated rings. The molecule has 0 aliphatic heterocycles. The van der Waals surface area contributed by atoms with E-state index in [-0.39, 0.29) is 11.2 Å². The van der Waals surface area contributed by atoms with Crippen molar-refractivity contribution >= 4 is 28.3 Å². The lowest BCUT2D eigenvalue weighted by Gasteiger charge is -2.07. The highest BCUT2D eigenvalue weighted by molar-refractivity contribution is 7.85. The molecule has 2 rings (SSSR count). The van der Waals surface area contributed by atoms with Gasteiger partial charge in [-0.2, -0.15) is 4.99 Å². The highest BCUT2D eigenvalue weighted by atomic mass is 35.5. The van der Waals surface area contributed by atoms with Crippen LogP contribution in [0.5, 0.6) is 0 Å². The molecule has 0 aliphatic carbocycles. The predicted molar refractivity (Wildman–Crippen MR) is 85.9 cm³/mol. The SMILES string of the molecule is CS(=O)CC(=O)N=c1ccccn1Cc1ccc(Cl)nc1.O. The Hall–Kier alpha value is -1.83. The van der Waals surface area contributed by atoms with Crippen molar-refractivity contribution in [2.45, 2.75) is 6.54 Å². The van der Waals surface area contributed by atoms with Crippen LogP contribution in [0.15, 0.2) is 47.7 Å². The summed E-state index contributed by atoms with van der Waals surface area (Å²) in [6.07, 6.45) is 4.98. The lowest BCUT2D eigenvalue weighted by atomic mass is 10.3. The third-order valence-corrected chi connectivity index (χ3v) is 3.50. The summed E-state index contributed by atoms with van der Waals surface area (Å²) in [5, 5.41) is 0.433. The summed E-state index contributed by atoms with van der Waals surface area (Å²) in [6.45, 7) is 0.520. The second kappa shape index (κ2) is 8.57. The fraction of sp³-hybridized carbons (Fsp3) is 0.214. The fourth-order valence-electron chi connectivity index (χ4n) is 1.73. The second-order valence-corrected chi connectivity index (χ2v) is 6.22. The Balaban J connectivity index is 0.00000242. The molecule has 22 heavy (non-hydrogen) atoms. The van der Waals surface area contributed by atoms with Crippen molar-refractivity contribution in [1.82, 2.24) is 9.55 Å². The topological polar surface area (TPSA) is 95.8 Å². The highest BCUT2D eigenvalue weighted by Crippen LogP contribution is 2.06. The van der Waals surface area contributed by atoms with Gasteiger partial charge in [-0.1, -0.05) is 23.7 Å². The highest BCUT2D eigenvalue weighted by Gasteiger charge is 2.03. The first kappa shape index (κ1) is 18.2. The first-order valence-electron chi connectivity index (χ1n) is 6.18. The number of rotatable bonds is 4. The van der Waals surface area contributed by atoms with E-state index in [2.05, 4.69) is 9.98 Å². The molecule has 2 aromatic heterocycles. The van der Waals surface area contributed by atoms with E-state index in [1.54, 1.807) is 24.4 Å². The number of amides is 1. The summed E-state index contributed by atoms with van der Waals surface area (Å²) in [7, 11) is -1.19. The van der Waals surface area contributed by atoms with E-state index < -0.39 is 16.7 Å². The fourth-order valence-corrected chi connectivity index (χ4v) is 2.26. The van der Waals surface area contributed by atoms with Crippen LogP contribution < -0.4 is 5.49 Å². The molecule has 2 N–H and O–H groups in total. The van der Waals surface area contributed by atoms with Gasteiger partial charge in [0.25, 0.3) is 5.91 Å². The van der Waals surface area contributed by atoms with Crippen molar-refractivity contribution in [3.05, 3.63) is 58.9 Å². The van der Waals surface area contributed by atoms with Gasteiger partial charge < -0.3 is 10.0 Å². The first-order chi connectivity index (χ1) is 10.0. The summed E-state index contributed by atoms with van der Waals surface area (Å²) in [4.78, 5) is 19.7. The molecule has 118 valence electrons. The van der Waals surface area contributed by atoms with Gasteiger partial charge in [0.2, 0.25) is 0 Å². The lowest BCUT2D eigenvalue weighted by molar-refractivity contribution is -0.115. The number of pyridine rings is 2. The van der Waals surface area contributed by atoms with Gasteiger partial charge in [0.05, 0.1) is 6.54 Å². The van der Waals surface area contributed by atoms with Crippen LogP contribution in [0.25, 0.3) is 0 Å². The summed E-state index contributed by atoms with van der Waals surface area (Å²) in [5.41, 5.74) is 1.46. The number of halogens is 1. The molecule has 8 heteroatoms. The Kier molecular flexibility index (Phi) is 7.10. The third-order valence-electron chi connectivity index (χ3n) is 2.62. The quantitative estimate of drug-likeness (QED) is 0.760. The zero-order chi connectivity index (χ0) is 15.2. The van der Waals surface area contributed by atoms with Gasteiger partial charge >= 0.3 is 0 Å². The standard InChI is InChI=1S/C14H14ClN3O2S.H2O/c1-21(20)10-14(19)17-13-4-2-3-7-18(13)9-11-5-6-12(15)16-8-11;/h2-8H,9-10H2,1H3;1H2. The van der Waals surface area contributed by atoms with Crippen molar-refractivity contribution in [2.75, 3.05) is 12.0 Å². The van der Waals surface area contributed by atoms with E-state index in [0.29, 0.717) is 17.2 Å². The van der Waals surface area contributed by atoms with Crippen LogP contribution >= 0.6 is 11.6 Å². The minimum atomic E-state index is -1.19. The molecule has 0 aromatic carbocycles. The average molecular weight is 342 g/mol. The predicted octanol–water partition coefficient (Wildman–Crippen LogP) is 0.566. The zero-order valence-corrected chi connectivity index (χ0v) is 13.5. The summed E-state index contributed by atoms with van der Waals surface area (Å²) >= 11 is 5.75. The molecule has 0 bridgehead atoms. The van der Waals surface area contributed by atoms with Crippen LogP contribution in [0.2, 0.25) is 5.15 Å². The zero-order valence-electron chi connectivity index (χ0n) is 11.9. The molecular weight excluding hydrogens is 326 g/mol. The van der Waals surface area contributed by atoms with Crippen LogP contribution in [0, 0.1) is 0 Å². The van der Waals surface area contributed by atoms with Gasteiger partial charge in [0.1, 0.15) is 16.4 Å². The molecule has 2 heterocycles. The summed E-state index contributed by atoms with van der Waals surface area (Å²) in [6, 6.07) is 8.96. The summed E-state index contributed by atoms with van der Waals surface area (Å²) < 4.78 is 12.9. The molecule has 0 saturated carbocycles. The van der Waals surface area contributed by atoms with Crippen molar-refractivity contribution in [1.29, 1.82) is 0 Å². The Morgan fingerprint density at radius 1 is 1.36 bits per heavy atom. The minimum absolute atomic E-state index is 0. The van der Waals surface area contributed by atoms with Crippen LogP contribution in [0.4, 0.5) is 0 Å². The molecular formula is C14H16ClN3O3S. The molecule has 2 aromatic rings. The Morgan fingerprint density at radius 3 is 2.77 bits per heavy atom. The average Bonchev–Trinajstić information content (AvgIpc) is 2.42. The molecule has 0 spiro atoms. The number of carbonyl (C=O) groups is 1. The van der Waals surface area contributed by atoms with Gasteiger partial charge in [-0.3, -0.25) is 9.00 Å². The number of nitrogens with zero attached hydrogens (tertiary/aromatic N) is 3. The molecule has 0 aliphatic rings. The number of carbonyl (C=O) groups excluding carboxylic acids is 1. The Labute approximate surface area is 135 Å². The van der Waals surface area contributed by atoms with Crippen molar-refractivity contribution < 1.29 is 14.5 Å². The normalized spacial score (nSPS) is 12.5. The molecule has 1 unspecified atom stereocenters. The van der Waals surface area contributed by atoms with Gasteiger partial charge in [0.15, 0.2) is 0 Å². The van der Waals surface area contributed by atoms with Crippen molar-refractivity contribution in [3.8, 4) is 0 Å². The van der Waals surface area contributed by atoms with Gasteiger partial charge in [0, 0.05) is 29.4 Å². The van der Waals surface area contributed by atoms with E-state index >= 15 is 0 Å². The Bertz CT molecular complexity index is 729. The lowest BCUT2D eigenvalue weighted by Crippen LogP contribution is -2.23. The number of hydrogen-bond donors (Lipinski definition) is 0. The molecule has 1 atom stereocenters. The van der Waals surface area contributed by atoms with Crippen LogP contribution in [-0.2, 0) is 22.1 Å². The van der Waals surface area contributed by atoms with Crippen molar-refractivity contribution in [3.63, 3.8) is 0 Å². The van der Waals surface area contributed by atoms with E-state index in [1.807, 2.05) is 22.9 Å². The van der Waals surface area contributed by atoms with Crippen LogP contribution in [0.3, 0.4) is 0 Å². The van der Waals surface area contributed by atoms with Gasteiger partial charge in [-0.05, 0) is 23.8 Å². The van der Waals surface area contributed by atoms with Gasteiger partial charge in [-0.15, -0.1) is 0 Å². The number of aromatic nitrogens is 2. The largest absolute Gasteiger partial charge is 0.412 e.